The molecule has 3 rings (SSSR count). The summed E-state index contributed by atoms with van der Waals surface area (Å²) in [5.41, 5.74) is 6.35. The summed E-state index contributed by atoms with van der Waals surface area (Å²) in [6.07, 6.45) is 2.54. The van der Waals surface area contributed by atoms with Crippen molar-refractivity contribution in [1.82, 2.24) is 15.6 Å². The summed E-state index contributed by atoms with van der Waals surface area (Å²) in [5, 5.41) is 10.9. The van der Waals surface area contributed by atoms with Gasteiger partial charge in [0.25, 0.3) is 5.91 Å². The van der Waals surface area contributed by atoms with E-state index in [1.807, 2.05) is 12.1 Å². The number of amides is 1. The highest BCUT2D eigenvalue weighted by atomic mass is 16.3. The number of aromatic amines is 1. The van der Waals surface area contributed by atoms with Gasteiger partial charge in [0, 0.05) is 5.56 Å². The average Bonchev–Trinajstić information content (AvgIpc) is 3.31. The maximum Gasteiger partial charge on any atom is 0.289 e. The summed E-state index contributed by atoms with van der Waals surface area (Å²) < 4.78 is 5.21. The van der Waals surface area contributed by atoms with E-state index in [4.69, 9.17) is 4.42 Å². The first-order valence-electron chi connectivity index (χ1n) is 7.70. The maximum absolute atomic E-state index is 12.1. The second-order valence-corrected chi connectivity index (χ2v) is 5.33. The van der Waals surface area contributed by atoms with Gasteiger partial charge in [-0.25, -0.2) is 5.43 Å². The number of H-pyrrole nitrogens is 1. The number of hydrogen-bond acceptors (Lipinski definition) is 4. The Morgan fingerprint density at radius 2 is 2.08 bits per heavy atom. The van der Waals surface area contributed by atoms with Crippen molar-refractivity contribution >= 4 is 11.6 Å². The summed E-state index contributed by atoms with van der Waals surface area (Å²) >= 11 is 0. The molecule has 6 nitrogen and oxygen atoms in total. The van der Waals surface area contributed by atoms with Gasteiger partial charge in [0.05, 0.1) is 12.0 Å². The van der Waals surface area contributed by atoms with Crippen LogP contribution in [0, 0.1) is 0 Å². The van der Waals surface area contributed by atoms with E-state index in [0.717, 1.165) is 17.7 Å². The molecule has 2 heterocycles. The molecule has 0 fully saturated rings. The smallest absolute Gasteiger partial charge is 0.289 e. The van der Waals surface area contributed by atoms with Crippen molar-refractivity contribution < 1.29 is 9.21 Å². The van der Waals surface area contributed by atoms with Crippen LogP contribution in [-0.2, 0) is 6.42 Å². The lowest BCUT2D eigenvalue weighted by atomic mass is 10.1. The van der Waals surface area contributed by atoms with Crippen molar-refractivity contribution in [1.29, 1.82) is 0 Å². The normalized spacial score (nSPS) is 11.5. The van der Waals surface area contributed by atoms with Crippen LogP contribution in [0.25, 0.3) is 11.3 Å². The number of aryl methyl sites for hydroxylation is 1. The van der Waals surface area contributed by atoms with Crippen molar-refractivity contribution in [3.05, 3.63) is 65.7 Å². The Bertz CT molecular complexity index is 846. The first-order valence-corrected chi connectivity index (χ1v) is 7.70. The molecular weight excluding hydrogens is 304 g/mol. The first kappa shape index (κ1) is 15.7. The zero-order chi connectivity index (χ0) is 16.9. The van der Waals surface area contributed by atoms with Gasteiger partial charge in [-0.05, 0) is 37.1 Å². The van der Waals surface area contributed by atoms with Gasteiger partial charge in [-0.1, -0.05) is 31.2 Å². The average molecular weight is 322 g/mol. The van der Waals surface area contributed by atoms with E-state index in [0.29, 0.717) is 17.2 Å². The minimum Gasteiger partial charge on any atom is -0.463 e. The number of furan rings is 1. The third kappa shape index (κ3) is 3.43. The fourth-order valence-electron chi connectivity index (χ4n) is 2.23. The molecule has 0 spiro atoms. The summed E-state index contributed by atoms with van der Waals surface area (Å²) in [4.78, 5) is 12.1. The number of nitrogens with one attached hydrogen (secondary N) is 2. The maximum atomic E-state index is 12.1. The fraction of sp³-hybridized carbons (Fsp3) is 0.167. The van der Waals surface area contributed by atoms with Crippen LogP contribution in [0.1, 0.15) is 35.7 Å². The van der Waals surface area contributed by atoms with E-state index in [1.165, 1.54) is 5.56 Å². The van der Waals surface area contributed by atoms with Crippen LogP contribution in [0.2, 0.25) is 0 Å². The second kappa shape index (κ2) is 6.95. The highest BCUT2D eigenvalue weighted by molar-refractivity contribution is 5.98. The lowest BCUT2D eigenvalue weighted by Gasteiger charge is -1.99. The van der Waals surface area contributed by atoms with Gasteiger partial charge in [0.1, 0.15) is 17.2 Å². The third-order valence-electron chi connectivity index (χ3n) is 3.68. The van der Waals surface area contributed by atoms with Gasteiger partial charge in [0.15, 0.2) is 0 Å². The van der Waals surface area contributed by atoms with Crippen molar-refractivity contribution in [2.45, 2.75) is 20.3 Å². The molecule has 122 valence electrons. The van der Waals surface area contributed by atoms with Crippen LogP contribution in [0.3, 0.4) is 0 Å². The predicted molar refractivity (Wildman–Crippen MR) is 91.8 cm³/mol. The Kier molecular flexibility index (Phi) is 4.56. The molecule has 0 saturated carbocycles. The zero-order valence-corrected chi connectivity index (χ0v) is 13.5. The van der Waals surface area contributed by atoms with Crippen molar-refractivity contribution in [3.8, 4) is 11.3 Å². The molecule has 0 unspecified atom stereocenters. The number of rotatable bonds is 5. The van der Waals surface area contributed by atoms with Crippen molar-refractivity contribution in [2.75, 3.05) is 0 Å². The van der Waals surface area contributed by atoms with E-state index in [2.05, 4.69) is 39.8 Å². The number of hydrazone groups is 1. The van der Waals surface area contributed by atoms with Crippen LogP contribution in [0.4, 0.5) is 0 Å². The van der Waals surface area contributed by atoms with Gasteiger partial charge in [-0.2, -0.15) is 10.2 Å². The minimum absolute atomic E-state index is 0.348. The number of carbonyl (C=O) groups excluding carboxylic acids is 1. The zero-order valence-electron chi connectivity index (χ0n) is 13.5. The third-order valence-corrected chi connectivity index (χ3v) is 3.68. The molecule has 24 heavy (non-hydrogen) atoms. The summed E-state index contributed by atoms with van der Waals surface area (Å²) in [5.74, 6) is 0.251. The minimum atomic E-state index is -0.357. The van der Waals surface area contributed by atoms with Crippen LogP contribution >= 0.6 is 0 Å². The molecule has 1 aromatic carbocycles. The first-order chi connectivity index (χ1) is 11.7. The van der Waals surface area contributed by atoms with Gasteiger partial charge >= 0.3 is 0 Å². The van der Waals surface area contributed by atoms with Crippen molar-refractivity contribution in [2.24, 2.45) is 5.10 Å². The quantitative estimate of drug-likeness (QED) is 0.558. The SMILES string of the molecule is CCc1ccc(-c2cc(C(=O)N/N=C(\C)c3ccco3)[nH]n2)cc1. The number of nitrogens with zero attached hydrogens (tertiary/aromatic N) is 2. The molecule has 0 bridgehead atoms. The molecule has 0 atom stereocenters. The molecule has 0 aliphatic carbocycles. The standard InChI is InChI=1S/C18H18N4O2/c1-3-13-6-8-14(9-7-13)15-11-16(21-20-15)18(23)22-19-12(2)17-5-4-10-24-17/h4-11H,3H2,1-2H3,(H,20,21)(H,22,23)/b19-12+. The summed E-state index contributed by atoms with van der Waals surface area (Å²) in [6.45, 7) is 3.87. The molecule has 2 N–H and O–H groups in total. The monoisotopic (exact) mass is 322 g/mol. The van der Waals surface area contributed by atoms with E-state index < -0.39 is 0 Å². The van der Waals surface area contributed by atoms with E-state index in [1.54, 1.807) is 31.4 Å². The molecule has 3 aromatic rings. The highest BCUT2D eigenvalue weighted by Gasteiger charge is 2.11. The molecule has 6 heteroatoms. The van der Waals surface area contributed by atoms with Gasteiger partial charge in [0.2, 0.25) is 0 Å². The van der Waals surface area contributed by atoms with Gasteiger partial charge in [-0.3, -0.25) is 9.89 Å². The largest absolute Gasteiger partial charge is 0.463 e. The van der Waals surface area contributed by atoms with E-state index in [-0.39, 0.29) is 5.91 Å². The Morgan fingerprint density at radius 3 is 2.75 bits per heavy atom. The van der Waals surface area contributed by atoms with E-state index >= 15 is 0 Å². The number of hydrogen-bond donors (Lipinski definition) is 2. The lowest BCUT2D eigenvalue weighted by molar-refractivity contribution is 0.0950. The molecule has 0 aliphatic rings. The van der Waals surface area contributed by atoms with Gasteiger partial charge in [-0.15, -0.1) is 0 Å². The molecule has 2 aromatic heterocycles. The van der Waals surface area contributed by atoms with Crippen LogP contribution < -0.4 is 5.43 Å². The number of carbonyl (C=O) groups is 1. The van der Waals surface area contributed by atoms with Crippen LogP contribution in [0.15, 0.2) is 58.2 Å². The van der Waals surface area contributed by atoms with Crippen LogP contribution in [0.5, 0.6) is 0 Å². The molecular formula is C18H18N4O2. The second-order valence-electron chi connectivity index (χ2n) is 5.33. The fourth-order valence-corrected chi connectivity index (χ4v) is 2.23. The Labute approximate surface area is 139 Å². The molecule has 0 radical (unpaired) electrons. The Hall–Kier alpha value is -3.15. The molecule has 0 saturated heterocycles. The van der Waals surface area contributed by atoms with Crippen molar-refractivity contribution in [3.63, 3.8) is 0 Å². The van der Waals surface area contributed by atoms with Crippen LogP contribution in [-0.4, -0.2) is 21.8 Å². The molecule has 1 amide bonds. The molecule has 0 aliphatic heterocycles. The topological polar surface area (TPSA) is 83.3 Å². The lowest BCUT2D eigenvalue weighted by Crippen LogP contribution is -2.19. The summed E-state index contributed by atoms with van der Waals surface area (Å²) in [6, 6.07) is 13.3. The Balaban J connectivity index is 1.70. The summed E-state index contributed by atoms with van der Waals surface area (Å²) in [7, 11) is 0. The predicted octanol–water partition coefficient (Wildman–Crippen LogP) is 3.39. The number of benzene rings is 1. The Morgan fingerprint density at radius 1 is 1.29 bits per heavy atom. The van der Waals surface area contributed by atoms with Gasteiger partial charge < -0.3 is 4.42 Å². The highest BCUT2D eigenvalue weighted by Crippen LogP contribution is 2.18. The number of aromatic nitrogens is 2. The van der Waals surface area contributed by atoms with E-state index in [9.17, 15) is 4.79 Å².